The second-order valence-electron chi connectivity index (χ2n) is 7.86. The number of benzene rings is 2. The van der Waals surface area contributed by atoms with Gasteiger partial charge in [0.25, 0.3) is 10.0 Å². The van der Waals surface area contributed by atoms with E-state index < -0.39 is 15.8 Å². The summed E-state index contributed by atoms with van der Waals surface area (Å²) >= 11 is 1.36. The minimum atomic E-state index is -3.99. The number of thiazole rings is 1. The topological polar surface area (TPSA) is 112 Å². The molecule has 36 heavy (non-hydrogen) atoms. The molecule has 0 spiro atoms. The zero-order valence-corrected chi connectivity index (χ0v) is 21.3. The van der Waals surface area contributed by atoms with Gasteiger partial charge in [-0.25, -0.2) is 14.4 Å². The number of anilines is 1. The largest absolute Gasteiger partial charge is 0.493 e. The highest BCUT2D eigenvalue weighted by molar-refractivity contribution is 7.92. The lowest BCUT2D eigenvalue weighted by atomic mass is 10.1. The number of sulfonamides is 1. The lowest BCUT2D eigenvalue weighted by Crippen LogP contribution is -2.14. The first-order valence-electron chi connectivity index (χ1n) is 10.7. The maximum absolute atomic E-state index is 14.5. The van der Waals surface area contributed by atoms with E-state index in [0.717, 1.165) is 0 Å². The molecule has 0 atom stereocenters. The van der Waals surface area contributed by atoms with Gasteiger partial charge in [-0.3, -0.25) is 9.52 Å². The maximum Gasteiger partial charge on any atom is 0.280 e. The summed E-state index contributed by atoms with van der Waals surface area (Å²) < 4.78 is 55.3. The predicted molar refractivity (Wildman–Crippen MR) is 133 cm³/mol. The van der Waals surface area contributed by atoms with Gasteiger partial charge in [0.05, 0.1) is 18.5 Å². The van der Waals surface area contributed by atoms with Crippen molar-refractivity contribution in [3.05, 3.63) is 76.4 Å². The van der Waals surface area contributed by atoms with E-state index in [4.69, 9.17) is 9.47 Å². The van der Waals surface area contributed by atoms with Crippen LogP contribution in [0.2, 0.25) is 0 Å². The van der Waals surface area contributed by atoms with Crippen molar-refractivity contribution in [1.82, 2.24) is 14.5 Å². The number of methoxy groups -OCH3 is 1. The standard InChI is InChI=1S/C24H23FN4O5S2/c1-15-27-23(14-29(15)2)36(31,32)28-17-7-8-20(34-24-19(25)5-4-6-21(24)33-3)16(11-17)12-18(30)13-22-26-9-10-35-22/h4-11,14,28H,12-13H2,1-3H3. The van der Waals surface area contributed by atoms with Gasteiger partial charge >= 0.3 is 0 Å². The second-order valence-corrected chi connectivity index (χ2v) is 10.5. The summed E-state index contributed by atoms with van der Waals surface area (Å²) in [6, 6.07) is 8.67. The van der Waals surface area contributed by atoms with Crippen LogP contribution in [0, 0.1) is 12.7 Å². The van der Waals surface area contributed by atoms with Crippen molar-refractivity contribution in [1.29, 1.82) is 0 Å². The second kappa shape index (κ2) is 10.5. The highest BCUT2D eigenvalue weighted by Gasteiger charge is 2.21. The zero-order chi connectivity index (χ0) is 25.9. The highest BCUT2D eigenvalue weighted by atomic mass is 32.2. The van der Waals surface area contributed by atoms with Gasteiger partial charge in [-0.15, -0.1) is 11.3 Å². The fourth-order valence-corrected chi connectivity index (χ4v) is 5.12. The number of hydrogen-bond donors (Lipinski definition) is 1. The summed E-state index contributed by atoms with van der Waals surface area (Å²) in [5, 5.41) is 2.29. The van der Waals surface area contributed by atoms with Crippen molar-refractivity contribution in [2.24, 2.45) is 7.05 Å². The van der Waals surface area contributed by atoms with Crippen LogP contribution >= 0.6 is 11.3 Å². The van der Waals surface area contributed by atoms with E-state index in [-0.39, 0.29) is 46.6 Å². The molecule has 9 nitrogen and oxygen atoms in total. The molecule has 1 N–H and O–H groups in total. The number of nitrogens with zero attached hydrogens (tertiary/aromatic N) is 3. The van der Waals surface area contributed by atoms with E-state index in [1.165, 1.54) is 55.0 Å². The van der Waals surface area contributed by atoms with E-state index >= 15 is 0 Å². The molecule has 0 amide bonds. The number of para-hydroxylation sites is 1. The average molecular weight is 531 g/mol. The van der Waals surface area contributed by atoms with E-state index in [9.17, 15) is 17.6 Å². The summed E-state index contributed by atoms with van der Waals surface area (Å²) in [4.78, 5) is 21.0. The van der Waals surface area contributed by atoms with Crippen LogP contribution in [0.5, 0.6) is 17.2 Å². The van der Waals surface area contributed by atoms with Crippen LogP contribution in [0.15, 0.2) is 59.2 Å². The van der Waals surface area contributed by atoms with Gasteiger partial charge in [-0.2, -0.15) is 8.42 Å². The summed E-state index contributed by atoms with van der Waals surface area (Å²) in [5.41, 5.74) is 0.558. The number of Topliss-reactive ketones (excluding diaryl/α,β-unsaturated/α-hetero) is 1. The van der Waals surface area contributed by atoms with E-state index in [2.05, 4.69) is 14.7 Å². The van der Waals surface area contributed by atoms with Gasteiger partial charge in [0.2, 0.25) is 5.75 Å². The Morgan fingerprint density at radius 3 is 2.67 bits per heavy atom. The van der Waals surface area contributed by atoms with Crippen molar-refractivity contribution < 1.29 is 27.1 Å². The molecule has 2 heterocycles. The maximum atomic E-state index is 14.5. The molecule has 0 aliphatic heterocycles. The molecule has 0 aliphatic rings. The Kier molecular flexibility index (Phi) is 7.36. The van der Waals surface area contributed by atoms with Crippen LogP contribution in [-0.4, -0.2) is 35.8 Å². The van der Waals surface area contributed by atoms with Crippen LogP contribution in [0.4, 0.5) is 10.1 Å². The number of ketones is 1. The van der Waals surface area contributed by atoms with Gasteiger partial charge in [0.1, 0.15) is 17.4 Å². The summed E-state index contributed by atoms with van der Waals surface area (Å²) in [5.74, 6) is -0.0782. The number of ether oxygens (including phenoxy) is 2. The summed E-state index contributed by atoms with van der Waals surface area (Å²) in [7, 11) is -0.909. The molecule has 0 bridgehead atoms. The van der Waals surface area contributed by atoms with Crippen LogP contribution < -0.4 is 14.2 Å². The van der Waals surface area contributed by atoms with Crippen molar-refractivity contribution >= 4 is 32.8 Å². The molecule has 12 heteroatoms. The minimum Gasteiger partial charge on any atom is -0.493 e. The first-order chi connectivity index (χ1) is 17.2. The minimum absolute atomic E-state index is 0.0933. The molecule has 0 fully saturated rings. The lowest BCUT2D eigenvalue weighted by Gasteiger charge is -2.15. The number of aromatic nitrogens is 3. The van der Waals surface area contributed by atoms with Gasteiger partial charge in [-0.1, -0.05) is 6.07 Å². The van der Waals surface area contributed by atoms with E-state index in [0.29, 0.717) is 16.4 Å². The molecule has 2 aromatic carbocycles. The number of hydrogen-bond acceptors (Lipinski definition) is 8. The van der Waals surface area contributed by atoms with Crippen molar-refractivity contribution in [2.45, 2.75) is 24.8 Å². The predicted octanol–water partition coefficient (Wildman–Crippen LogP) is 4.28. The molecule has 0 unspecified atom stereocenters. The summed E-state index contributed by atoms with van der Waals surface area (Å²) in [6.45, 7) is 1.69. The van der Waals surface area contributed by atoms with Gasteiger partial charge < -0.3 is 14.0 Å². The van der Waals surface area contributed by atoms with Crippen LogP contribution in [0.3, 0.4) is 0 Å². The first-order valence-corrected chi connectivity index (χ1v) is 13.1. The average Bonchev–Trinajstić information content (AvgIpc) is 3.46. The molecule has 188 valence electrons. The molecular weight excluding hydrogens is 507 g/mol. The molecule has 4 rings (SSSR count). The molecule has 0 aliphatic carbocycles. The highest BCUT2D eigenvalue weighted by Crippen LogP contribution is 2.36. The zero-order valence-electron chi connectivity index (χ0n) is 19.7. The normalized spacial score (nSPS) is 11.3. The third-order valence-electron chi connectivity index (χ3n) is 5.26. The Morgan fingerprint density at radius 2 is 2.00 bits per heavy atom. The molecule has 4 aromatic rings. The number of nitrogens with one attached hydrogen (secondary N) is 1. The number of imidazole rings is 1. The van der Waals surface area contributed by atoms with Gasteiger partial charge in [-0.05, 0) is 37.3 Å². The van der Waals surface area contributed by atoms with E-state index in [1.807, 2.05) is 0 Å². The van der Waals surface area contributed by atoms with Gasteiger partial charge in [0.15, 0.2) is 16.6 Å². The first kappa shape index (κ1) is 25.3. The van der Waals surface area contributed by atoms with Crippen molar-refractivity contribution in [2.75, 3.05) is 11.8 Å². The lowest BCUT2D eigenvalue weighted by molar-refractivity contribution is -0.117. The molecular formula is C24H23FN4O5S2. The fraction of sp³-hybridized carbons (Fsp3) is 0.208. The number of carbonyl (C=O) groups excluding carboxylic acids is 1. The number of aryl methyl sites for hydroxylation is 2. The molecule has 2 aromatic heterocycles. The fourth-order valence-electron chi connectivity index (χ4n) is 3.39. The van der Waals surface area contributed by atoms with E-state index in [1.54, 1.807) is 36.2 Å². The smallest absolute Gasteiger partial charge is 0.280 e. The Balaban J connectivity index is 1.67. The Hall–Kier alpha value is -3.77. The van der Waals surface area contributed by atoms with Crippen molar-refractivity contribution in [3.63, 3.8) is 0 Å². The number of carbonyl (C=O) groups is 1. The third-order valence-corrected chi connectivity index (χ3v) is 7.29. The SMILES string of the molecule is COc1cccc(F)c1Oc1ccc(NS(=O)(=O)c2cn(C)c(C)n2)cc1CC(=O)Cc1nccs1. The van der Waals surface area contributed by atoms with Crippen LogP contribution in [0.1, 0.15) is 16.4 Å². The molecule has 0 saturated carbocycles. The third kappa shape index (κ3) is 5.71. The molecule has 0 saturated heterocycles. The number of rotatable bonds is 10. The molecule has 0 radical (unpaired) electrons. The summed E-state index contributed by atoms with van der Waals surface area (Å²) in [6.07, 6.45) is 3.02. The van der Waals surface area contributed by atoms with Gasteiger partial charge in [0, 0.05) is 42.5 Å². The van der Waals surface area contributed by atoms with Crippen LogP contribution in [0.25, 0.3) is 0 Å². The Bertz CT molecular complexity index is 1480. The Labute approximate surface area is 211 Å². The Morgan fingerprint density at radius 1 is 1.19 bits per heavy atom. The monoisotopic (exact) mass is 530 g/mol. The van der Waals surface area contributed by atoms with Crippen LogP contribution in [-0.2, 0) is 34.7 Å². The van der Waals surface area contributed by atoms with Crippen molar-refractivity contribution in [3.8, 4) is 17.2 Å². The quantitative estimate of drug-likeness (QED) is 0.326. The number of halogens is 1.